The van der Waals surface area contributed by atoms with Crippen LogP contribution in [0.1, 0.15) is 25.3 Å². The van der Waals surface area contributed by atoms with E-state index >= 15 is 0 Å². The Morgan fingerprint density at radius 2 is 1.49 bits per heavy atom. The van der Waals surface area contributed by atoms with Gasteiger partial charge in [0.25, 0.3) is 0 Å². The van der Waals surface area contributed by atoms with Crippen LogP contribution in [-0.4, -0.2) is 30.3 Å². The van der Waals surface area contributed by atoms with Gasteiger partial charge >= 0.3 is 0 Å². The third-order valence-electron chi connectivity index (χ3n) is 5.77. The number of sulfonamides is 1. The number of nitrogens with zero attached hydrogens (tertiary/aromatic N) is 2. The van der Waals surface area contributed by atoms with Crippen molar-refractivity contribution >= 4 is 21.8 Å². The van der Waals surface area contributed by atoms with Crippen LogP contribution in [0.25, 0.3) is 22.5 Å². The second kappa shape index (κ2) is 11.7. The van der Waals surface area contributed by atoms with Gasteiger partial charge in [0, 0.05) is 30.0 Å². The fourth-order valence-electron chi connectivity index (χ4n) is 3.92. The molecule has 1 aromatic heterocycles. The molecule has 0 saturated heterocycles. The van der Waals surface area contributed by atoms with Gasteiger partial charge < -0.3 is 4.57 Å². The molecule has 0 aliphatic carbocycles. The molecule has 35 heavy (non-hydrogen) atoms. The minimum Gasteiger partial charge on any atom is -0.319 e. The van der Waals surface area contributed by atoms with Crippen molar-refractivity contribution in [3.05, 3.63) is 90.5 Å². The van der Waals surface area contributed by atoms with E-state index in [9.17, 15) is 8.42 Å². The minimum absolute atomic E-state index is 0.310. The lowest BCUT2D eigenvalue weighted by Gasteiger charge is -2.11. The predicted molar refractivity (Wildman–Crippen MR) is 145 cm³/mol. The van der Waals surface area contributed by atoms with E-state index in [1.165, 1.54) is 0 Å². The highest BCUT2D eigenvalue weighted by Gasteiger charge is 2.19. The van der Waals surface area contributed by atoms with Crippen LogP contribution in [0.2, 0.25) is 0 Å². The first-order valence-corrected chi connectivity index (χ1v) is 14.4. The van der Waals surface area contributed by atoms with Crippen LogP contribution >= 0.6 is 11.8 Å². The Balaban J connectivity index is 1.41. The molecule has 0 saturated carbocycles. The molecule has 0 fully saturated rings. The zero-order valence-corrected chi connectivity index (χ0v) is 21.8. The van der Waals surface area contributed by atoms with Crippen molar-refractivity contribution in [1.82, 2.24) is 14.3 Å². The van der Waals surface area contributed by atoms with Gasteiger partial charge in [-0.25, -0.2) is 18.1 Å². The lowest BCUT2D eigenvalue weighted by atomic mass is 10.0. The van der Waals surface area contributed by atoms with Gasteiger partial charge in [-0.05, 0) is 38.8 Å². The molecule has 182 valence electrons. The second-order valence-electron chi connectivity index (χ2n) is 8.33. The number of rotatable bonds is 11. The highest BCUT2D eigenvalue weighted by molar-refractivity contribution is 7.99. The summed E-state index contributed by atoms with van der Waals surface area (Å²) in [5, 5.41) is 0.991. The maximum absolute atomic E-state index is 12.5. The Morgan fingerprint density at radius 1 is 0.857 bits per heavy atom. The molecule has 0 aliphatic heterocycles. The van der Waals surface area contributed by atoms with E-state index in [0.717, 1.165) is 58.4 Å². The summed E-state index contributed by atoms with van der Waals surface area (Å²) in [6.45, 7) is 5.33. The summed E-state index contributed by atoms with van der Waals surface area (Å²) in [5.41, 5.74) is 5.42. The molecule has 0 spiro atoms. The summed E-state index contributed by atoms with van der Waals surface area (Å²) in [4.78, 5) is 5.36. The van der Waals surface area contributed by atoms with Crippen molar-refractivity contribution in [2.45, 2.75) is 43.3 Å². The number of aryl methyl sites for hydroxylation is 1. The van der Waals surface area contributed by atoms with Crippen molar-refractivity contribution in [2.24, 2.45) is 0 Å². The number of nitrogens with one attached hydrogen (secondary N) is 1. The Kier molecular flexibility index (Phi) is 8.44. The molecule has 4 rings (SSSR count). The second-order valence-corrected chi connectivity index (χ2v) is 11.2. The van der Waals surface area contributed by atoms with E-state index in [4.69, 9.17) is 4.98 Å². The monoisotopic (exact) mass is 505 g/mol. The Labute approximate surface area is 212 Å². The molecule has 1 N–H and O–H groups in total. The standard InChI is InChI=1S/C28H31N3O2S2/c1-3-31-27(24-14-8-5-9-15-24)26(23-12-6-4-7-13-23)30-28(31)34-21-11-10-20-29-35(32,33)25-18-16-22(2)17-19-25/h4-9,12-19,29H,3,10-11,20-21H2,1-2H3. The molecule has 0 bridgehead atoms. The number of hydrogen-bond acceptors (Lipinski definition) is 4. The highest BCUT2D eigenvalue weighted by Crippen LogP contribution is 2.36. The first-order chi connectivity index (χ1) is 17.0. The number of thioether (sulfide) groups is 1. The zero-order valence-electron chi connectivity index (χ0n) is 20.1. The van der Waals surface area contributed by atoms with Crippen LogP contribution in [0.3, 0.4) is 0 Å². The van der Waals surface area contributed by atoms with Crippen LogP contribution in [0.15, 0.2) is 95.0 Å². The maximum atomic E-state index is 12.5. The number of unbranched alkanes of at least 4 members (excludes halogenated alkanes) is 1. The Bertz CT molecular complexity index is 1330. The third kappa shape index (κ3) is 6.23. The zero-order chi connectivity index (χ0) is 24.7. The van der Waals surface area contributed by atoms with Gasteiger partial charge in [0.1, 0.15) is 0 Å². The van der Waals surface area contributed by atoms with Gasteiger partial charge in [-0.2, -0.15) is 0 Å². The lowest BCUT2D eigenvalue weighted by molar-refractivity contribution is 0.578. The summed E-state index contributed by atoms with van der Waals surface area (Å²) in [5.74, 6) is 0.867. The van der Waals surface area contributed by atoms with Crippen molar-refractivity contribution in [1.29, 1.82) is 0 Å². The molecular weight excluding hydrogens is 474 g/mol. The van der Waals surface area contributed by atoms with Crippen LogP contribution in [-0.2, 0) is 16.6 Å². The highest BCUT2D eigenvalue weighted by atomic mass is 32.2. The Morgan fingerprint density at radius 3 is 2.11 bits per heavy atom. The number of hydrogen-bond donors (Lipinski definition) is 1. The van der Waals surface area contributed by atoms with Gasteiger partial charge in [0.05, 0.1) is 16.3 Å². The average Bonchev–Trinajstić information content (AvgIpc) is 3.26. The summed E-state index contributed by atoms with van der Waals surface area (Å²) in [6.07, 6.45) is 1.65. The van der Waals surface area contributed by atoms with Crippen LogP contribution in [0.5, 0.6) is 0 Å². The van der Waals surface area contributed by atoms with E-state index in [-0.39, 0.29) is 0 Å². The quantitative estimate of drug-likeness (QED) is 0.189. The first kappa shape index (κ1) is 25.2. The fourth-order valence-corrected chi connectivity index (χ4v) is 6.06. The molecule has 5 nitrogen and oxygen atoms in total. The summed E-state index contributed by atoms with van der Waals surface area (Å²) in [6, 6.07) is 27.6. The van der Waals surface area contributed by atoms with E-state index < -0.39 is 10.0 Å². The molecular formula is C28H31N3O2S2. The largest absolute Gasteiger partial charge is 0.319 e. The van der Waals surface area contributed by atoms with Crippen molar-refractivity contribution in [3.63, 3.8) is 0 Å². The number of imidazole rings is 1. The van der Waals surface area contributed by atoms with E-state index in [1.807, 2.05) is 43.3 Å². The maximum Gasteiger partial charge on any atom is 0.240 e. The lowest BCUT2D eigenvalue weighted by Crippen LogP contribution is -2.24. The number of aromatic nitrogens is 2. The molecule has 0 amide bonds. The van der Waals surface area contributed by atoms with Gasteiger partial charge in [0.2, 0.25) is 10.0 Å². The van der Waals surface area contributed by atoms with Crippen LogP contribution in [0, 0.1) is 6.92 Å². The average molecular weight is 506 g/mol. The van der Waals surface area contributed by atoms with Crippen molar-refractivity contribution in [3.8, 4) is 22.5 Å². The first-order valence-electron chi connectivity index (χ1n) is 11.9. The third-order valence-corrected chi connectivity index (χ3v) is 8.31. The molecule has 0 unspecified atom stereocenters. The Hall–Kier alpha value is -2.87. The predicted octanol–water partition coefficient (Wildman–Crippen LogP) is 6.40. The summed E-state index contributed by atoms with van der Waals surface area (Å²) < 4.78 is 29.9. The van der Waals surface area contributed by atoms with Crippen LogP contribution < -0.4 is 4.72 Å². The summed E-state index contributed by atoms with van der Waals surface area (Å²) >= 11 is 1.73. The molecule has 7 heteroatoms. The van der Waals surface area contributed by atoms with Crippen molar-refractivity contribution in [2.75, 3.05) is 12.3 Å². The molecule has 4 aromatic rings. The van der Waals surface area contributed by atoms with Crippen molar-refractivity contribution < 1.29 is 8.42 Å². The van der Waals surface area contributed by atoms with E-state index in [1.54, 1.807) is 23.9 Å². The van der Waals surface area contributed by atoms with E-state index in [2.05, 4.69) is 52.6 Å². The molecule has 0 radical (unpaired) electrons. The van der Waals surface area contributed by atoms with Gasteiger partial charge in [-0.15, -0.1) is 0 Å². The van der Waals surface area contributed by atoms with Gasteiger partial charge in [-0.1, -0.05) is 90.1 Å². The smallest absolute Gasteiger partial charge is 0.240 e. The summed E-state index contributed by atoms with van der Waals surface area (Å²) in [7, 11) is -3.46. The molecule has 0 aliphatic rings. The molecule has 3 aromatic carbocycles. The van der Waals surface area contributed by atoms with Crippen LogP contribution in [0.4, 0.5) is 0 Å². The van der Waals surface area contributed by atoms with Gasteiger partial charge in [-0.3, -0.25) is 0 Å². The molecule has 0 atom stereocenters. The fraction of sp³-hybridized carbons (Fsp3) is 0.250. The van der Waals surface area contributed by atoms with Gasteiger partial charge in [0.15, 0.2) is 5.16 Å². The SMILES string of the molecule is CCn1c(SCCCCNS(=O)(=O)c2ccc(C)cc2)nc(-c2ccccc2)c1-c1ccccc1. The topological polar surface area (TPSA) is 64.0 Å². The minimum atomic E-state index is -3.46. The molecule has 1 heterocycles. The number of benzene rings is 3. The normalized spacial score (nSPS) is 11.6. The van der Waals surface area contributed by atoms with E-state index in [0.29, 0.717) is 11.4 Å².